The first-order chi connectivity index (χ1) is 5.52. The normalized spacial score (nSPS) is 40.8. The Labute approximate surface area is 75.9 Å². The second-order valence-corrected chi connectivity index (χ2v) is 5.95. The van der Waals surface area contributed by atoms with Crippen molar-refractivity contribution in [2.45, 2.75) is 40.0 Å². The van der Waals surface area contributed by atoms with Crippen molar-refractivity contribution in [1.82, 2.24) is 5.32 Å². The number of rotatable bonds is 1. The molecule has 0 bridgehead atoms. The van der Waals surface area contributed by atoms with Gasteiger partial charge < -0.3 is 5.32 Å². The van der Waals surface area contributed by atoms with Crippen molar-refractivity contribution in [3.8, 4) is 0 Å². The third-order valence-corrected chi connectivity index (χ3v) is 3.49. The van der Waals surface area contributed by atoms with Crippen LogP contribution in [0.3, 0.4) is 0 Å². The lowest BCUT2D eigenvalue weighted by atomic mass is 9.86. The highest BCUT2D eigenvalue weighted by atomic mass is 14.9. The zero-order chi connectivity index (χ0) is 8.82. The molecule has 0 amide bonds. The number of nitrogens with one attached hydrogen (secondary N) is 1. The molecule has 1 saturated carbocycles. The standard InChI is InChI=1S/C11H21N/c1-10(2,3)6-9-7-11(9)4-5-12-8-11/h9,12H,4-8H2,1-3H3. The average molecular weight is 167 g/mol. The van der Waals surface area contributed by atoms with Crippen LogP contribution in [-0.2, 0) is 0 Å². The molecule has 2 unspecified atom stereocenters. The van der Waals surface area contributed by atoms with Gasteiger partial charge in [0.15, 0.2) is 0 Å². The smallest absolute Gasteiger partial charge is 0.00111 e. The first-order valence-corrected chi connectivity index (χ1v) is 5.23. The fourth-order valence-electron chi connectivity index (χ4n) is 2.75. The highest BCUT2D eigenvalue weighted by molar-refractivity contribution is 5.07. The maximum absolute atomic E-state index is 3.49. The average Bonchev–Trinajstić information content (AvgIpc) is 2.42. The fourth-order valence-corrected chi connectivity index (χ4v) is 2.75. The molecule has 0 radical (unpaired) electrons. The molecule has 1 heteroatoms. The van der Waals surface area contributed by atoms with Gasteiger partial charge in [-0.2, -0.15) is 0 Å². The summed E-state index contributed by atoms with van der Waals surface area (Å²) in [5, 5.41) is 3.49. The lowest BCUT2D eigenvalue weighted by Crippen LogP contribution is -2.14. The van der Waals surface area contributed by atoms with E-state index in [4.69, 9.17) is 0 Å². The molecule has 12 heavy (non-hydrogen) atoms. The van der Waals surface area contributed by atoms with Crippen LogP contribution in [0.25, 0.3) is 0 Å². The summed E-state index contributed by atoms with van der Waals surface area (Å²) < 4.78 is 0. The summed E-state index contributed by atoms with van der Waals surface area (Å²) in [7, 11) is 0. The van der Waals surface area contributed by atoms with E-state index >= 15 is 0 Å². The van der Waals surface area contributed by atoms with Gasteiger partial charge in [-0.05, 0) is 42.6 Å². The van der Waals surface area contributed by atoms with E-state index in [2.05, 4.69) is 26.1 Å². The maximum Gasteiger partial charge on any atom is 0.00111 e. The van der Waals surface area contributed by atoms with Crippen molar-refractivity contribution in [2.24, 2.45) is 16.7 Å². The molecule has 2 rings (SSSR count). The minimum atomic E-state index is 0.538. The van der Waals surface area contributed by atoms with Gasteiger partial charge in [0, 0.05) is 6.54 Å². The number of hydrogen-bond donors (Lipinski definition) is 1. The molecule has 0 aromatic rings. The minimum Gasteiger partial charge on any atom is -0.316 e. The molecular weight excluding hydrogens is 146 g/mol. The van der Waals surface area contributed by atoms with Gasteiger partial charge in [-0.25, -0.2) is 0 Å². The zero-order valence-corrected chi connectivity index (χ0v) is 8.61. The second-order valence-electron chi connectivity index (χ2n) is 5.95. The molecule has 1 N–H and O–H groups in total. The Balaban J connectivity index is 1.87. The zero-order valence-electron chi connectivity index (χ0n) is 8.61. The van der Waals surface area contributed by atoms with Gasteiger partial charge in [0.05, 0.1) is 0 Å². The lowest BCUT2D eigenvalue weighted by molar-refractivity contribution is 0.321. The fraction of sp³-hybridized carbons (Fsp3) is 1.00. The Morgan fingerprint density at radius 1 is 1.42 bits per heavy atom. The van der Waals surface area contributed by atoms with E-state index in [1.165, 1.54) is 32.4 Å². The van der Waals surface area contributed by atoms with Crippen LogP contribution in [0.5, 0.6) is 0 Å². The van der Waals surface area contributed by atoms with Crippen LogP contribution in [0, 0.1) is 16.7 Å². The predicted molar refractivity (Wildman–Crippen MR) is 52.1 cm³/mol. The second kappa shape index (κ2) is 2.47. The predicted octanol–water partition coefficient (Wildman–Crippen LogP) is 2.42. The van der Waals surface area contributed by atoms with Crippen molar-refractivity contribution in [1.29, 1.82) is 0 Å². The van der Waals surface area contributed by atoms with E-state index in [1.807, 2.05) is 0 Å². The van der Waals surface area contributed by atoms with E-state index in [-0.39, 0.29) is 0 Å². The summed E-state index contributed by atoms with van der Waals surface area (Å²) in [6.45, 7) is 9.65. The van der Waals surface area contributed by atoms with E-state index < -0.39 is 0 Å². The Bertz CT molecular complexity index is 172. The highest BCUT2D eigenvalue weighted by Gasteiger charge is 2.55. The first kappa shape index (κ1) is 8.55. The highest BCUT2D eigenvalue weighted by Crippen LogP contribution is 2.60. The molecule has 0 aromatic carbocycles. The largest absolute Gasteiger partial charge is 0.316 e. The Hall–Kier alpha value is -0.0400. The molecule has 0 aromatic heterocycles. The van der Waals surface area contributed by atoms with E-state index in [0.717, 1.165) is 11.3 Å². The van der Waals surface area contributed by atoms with Crippen LogP contribution in [0.2, 0.25) is 0 Å². The van der Waals surface area contributed by atoms with Gasteiger partial charge in [0.1, 0.15) is 0 Å². The SMILES string of the molecule is CC(C)(C)CC1CC12CCNC2. The van der Waals surface area contributed by atoms with Gasteiger partial charge >= 0.3 is 0 Å². The summed E-state index contributed by atoms with van der Waals surface area (Å²) in [6, 6.07) is 0. The van der Waals surface area contributed by atoms with E-state index in [9.17, 15) is 0 Å². The van der Waals surface area contributed by atoms with Crippen molar-refractivity contribution < 1.29 is 0 Å². The van der Waals surface area contributed by atoms with Crippen molar-refractivity contribution >= 4 is 0 Å². The van der Waals surface area contributed by atoms with Crippen LogP contribution >= 0.6 is 0 Å². The van der Waals surface area contributed by atoms with Crippen LogP contribution in [-0.4, -0.2) is 13.1 Å². The van der Waals surface area contributed by atoms with Crippen LogP contribution in [0.1, 0.15) is 40.0 Å². The quantitative estimate of drug-likeness (QED) is 0.632. The van der Waals surface area contributed by atoms with Gasteiger partial charge in [0.2, 0.25) is 0 Å². The van der Waals surface area contributed by atoms with Crippen molar-refractivity contribution in [2.75, 3.05) is 13.1 Å². The molecule has 1 saturated heterocycles. The van der Waals surface area contributed by atoms with Crippen molar-refractivity contribution in [3.63, 3.8) is 0 Å². The Morgan fingerprint density at radius 3 is 2.67 bits per heavy atom. The van der Waals surface area contributed by atoms with E-state index in [0.29, 0.717) is 5.41 Å². The summed E-state index contributed by atoms with van der Waals surface area (Å²) in [5.41, 5.74) is 1.30. The molecule has 70 valence electrons. The Morgan fingerprint density at radius 2 is 2.17 bits per heavy atom. The van der Waals surface area contributed by atoms with E-state index in [1.54, 1.807) is 0 Å². The topological polar surface area (TPSA) is 12.0 Å². The third-order valence-electron chi connectivity index (χ3n) is 3.49. The number of hydrogen-bond acceptors (Lipinski definition) is 1. The monoisotopic (exact) mass is 167 g/mol. The molecule has 2 atom stereocenters. The van der Waals surface area contributed by atoms with Gasteiger partial charge in [-0.3, -0.25) is 0 Å². The van der Waals surface area contributed by atoms with Crippen LogP contribution < -0.4 is 5.32 Å². The molecule has 2 aliphatic rings. The van der Waals surface area contributed by atoms with Gasteiger partial charge in [-0.15, -0.1) is 0 Å². The minimum absolute atomic E-state index is 0.538. The molecule has 2 fully saturated rings. The molecular formula is C11H21N. The molecule has 1 nitrogen and oxygen atoms in total. The van der Waals surface area contributed by atoms with Gasteiger partial charge in [0.25, 0.3) is 0 Å². The Kier molecular flexibility index (Phi) is 1.76. The van der Waals surface area contributed by atoms with Gasteiger partial charge in [-0.1, -0.05) is 20.8 Å². The lowest BCUT2D eigenvalue weighted by Gasteiger charge is -2.19. The summed E-state index contributed by atoms with van der Waals surface area (Å²) in [5.74, 6) is 1.03. The maximum atomic E-state index is 3.49. The first-order valence-electron chi connectivity index (χ1n) is 5.23. The van der Waals surface area contributed by atoms with Crippen LogP contribution in [0.15, 0.2) is 0 Å². The van der Waals surface area contributed by atoms with Crippen molar-refractivity contribution in [3.05, 3.63) is 0 Å². The summed E-state index contributed by atoms with van der Waals surface area (Å²) >= 11 is 0. The molecule has 1 aliphatic heterocycles. The molecule has 1 heterocycles. The summed E-state index contributed by atoms with van der Waals surface area (Å²) in [4.78, 5) is 0. The molecule has 1 spiro atoms. The van der Waals surface area contributed by atoms with Crippen LogP contribution in [0.4, 0.5) is 0 Å². The third kappa shape index (κ3) is 1.52. The summed E-state index contributed by atoms with van der Waals surface area (Å²) in [6.07, 6.45) is 4.36. The molecule has 1 aliphatic carbocycles.